The van der Waals surface area contributed by atoms with E-state index >= 15 is 0 Å². The van der Waals surface area contributed by atoms with Crippen molar-refractivity contribution in [2.24, 2.45) is 0 Å². The van der Waals surface area contributed by atoms with Crippen LogP contribution in [0.1, 0.15) is 19.3 Å². The minimum absolute atomic E-state index is 0.594. The maximum absolute atomic E-state index is 7.32. The molecule has 0 aliphatic carbocycles. The Morgan fingerprint density at radius 1 is 1.44 bits per heavy atom. The number of nitrogens with one attached hydrogen (secondary N) is 2. The average molecular weight is 125 g/mol. The smallest absolute Gasteiger partial charge is 0.101 e. The Morgan fingerprint density at radius 2 is 2.22 bits per heavy atom. The van der Waals surface area contributed by atoms with Crippen molar-refractivity contribution in [3.05, 3.63) is 0 Å². The van der Waals surface area contributed by atoms with Crippen LogP contribution in [0.15, 0.2) is 0 Å². The number of hydrogen-bond acceptors (Lipinski definition) is 2. The maximum atomic E-state index is 7.32. The molecule has 9 heavy (non-hydrogen) atoms. The Morgan fingerprint density at radius 3 is 2.67 bits per heavy atom. The number of rotatable bonds is 1. The lowest BCUT2D eigenvalue weighted by atomic mass is 10.1. The molecule has 1 fully saturated rings. The molecule has 0 aromatic carbocycles. The number of amidine groups is 1. The summed E-state index contributed by atoms with van der Waals surface area (Å²) in [5.41, 5.74) is 0. The third-order valence-electron chi connectivity index (χ3n) is 1.57. The highest BCUT2D eigenvalue weighted by Crippen LogP contribution is 2.07. The quantitative estimate of drug-likeness (QED) is 0.399. The predicted octanol–water partition coefficient (Wildman–Crippen LogP) is 1.06. The van der Waals surface area contributed by atoms with Crippen molar-refractivity contribution in [1.82, 2.24) is 4.90 Å². The zero-order valence-corrected chi connectivity index (χ0v) is 5.35. The molecule has 2 N–H and O–H groups in total. The molecule has 0 bridgehead atoms. The molecule has 1 aliphatic heterocycles. The van der Waals surface area contributed by atoms with E-state index in [2.05, 4.69) is 0 Å². The molecule has 0 amide bonds. The van der Waals surface area contributed by atoms with Gasteiger partial charge in [0.1, 0.15) is 5.84 Å². The molecule has 0 unspecified atom stereocenters. The summed E-state index contributed by atoms with van der Waals surface area (Å²) in [6, 6.07) is 0. The molecule has 0 saturated carbocycles. The van der Waals surface area contributed by atoms with Gasteiger partial charge in [-0.1, -0.05) is 0 Å². The standard InChI is InChI=1S/C6H11N3/c7-5-9-4-2-1-3-6(9)8/h5,7-8H,1-4H2. The first kappa shape index (κ1) is 6.26. The molecular formula is C6H11N3. The lowest BCUT2D eigenvalue weighted by molar-refractivity contribution is 0.510. The summed E-state index contributed by atoms with van der Waals surface area (Å²) in [5.74, 6) is 0.594. The lowest BCUT2D eigenvalue weighted by Gasteiger charge is -2.23. The van der Waals surface area contributed by atoms with Gasteiger partial charge in [-0.2, -0.15) is 0 Å². The first-order valence-corrected chi connectivity index (χ1v) is 3.19. The number of nitrogens with zero attached hydrogens (tertiary/aromatic N) is 1. The van der Waals surface area contributed by atoms with Gasteiger partial charge in [-0.25, -0.2) is 0 Å². The molecule has 1 heterocycles. The molecule has 3 heteroatoms. The summed E-state index contributed by atoms with van der Waals surface area (Å²) >= 11 is 0. The Kier molecular flexibility index (Phi) is 1.82. The Bertz CT molecular complexity index is 130. The molecule has 0 aromatic heterocycles. The van der Waals surface area contributed by atoms with E-state index in [0.29, 0.717) is 5.84 Å². The predicted molar refractivity (Wildman–Crippen MR) is 37.1 cm³/mol. The minimum Gasteiger partial charge on any atom is -0.322 e. The molecular weight excluding hydrogens is 114 g/mol. The number of hydrogen-bond donors (Lipinski definition) is 2. The average Bonchev–Trinajstić information content (AvgIpc) is 1.89. The lowest BCUT2D eigenvalue weighted by Crippen LogP contribution is -2.32. The fourth-order valence-electron chi connectivity index (χ4n) is 0.996. The second kappa shape index (κ2) is 2.62. The highest BCUT2D eigenvalue weighted by atomic mass is 15.2. The van der Waals surface area contributed by atoms with Crippen molar-refractivity contribution >= 4 is 12.2 Å². The van der Waals surface area contributed by atoms with E-state index < -0.39 is 0 Å². The highest BCUT2D eigenvalue weighted by molar-refractivity contribution is 5.89. The summed E-state index contributed by atoms with van der Waals surface area (Å²) in [7, 11) is 0. The van der Waals surface area contributed by atoms with Gasteiger partial charge >= 0.3 is 0 Å². The van der Waals surface area contributed by atoms with Gasteiger partial charge in [0.2, 0.25) is 0 Å². The fraction of sp³-hybridized carbons (Fsp3) is 0.667. The van der Waals surface area contributed by atoms with Crippen LogP contribution in [0.4, 0.5) is 0 Å². The summed E-state index contributed by atoms with van der Waals surface area (Å²) in [4.78, 5) is 1.68. The zero-order valence-electron chi connectivity index (χ0n) is 5.35. The second-order valence-electron chi connectivity index (χ2n) is 2.23. The van der Waals surface area contributed by atoms with Gasteiger partial charge in [0.15, 0.2) is 0 Å². The van der Waals surface area contributed by atoms with Crippen LogP contribution in [-0.4, -0.2) is 23.6 Å². The van der Waals surface area contributed by atoms with E-state index in [9.17, 15) is 0 Å². The van der Waals surface area contributed by atoms with E-state index in [1.54, 1.807) is 4.90 Å². The van der Waals surface area contributed by atoms with Crippen LogP contribution in [-0.2, 0) is 0 Å². The van der Waals surface area contributed by atoms with Gasteiger partial charge < -0.3 is 4.90 Å². The van der Waals surface area contributed by atoms with Crippen molar-refractivity contribution in [2.75, 3.05) is 6.54 Å². The molecule has 1 aliphatic rings. The molecule has 0 spiro atoms. The number of likely N-dealkylation sites (tertiary alicyclic amines) is 1. The second-order valence-corrected chi connectivity index (χ2v) is 2.23. The van der Waals surface area contributed by atoms with Crippen LogP contribution in [0.3, 0.4) is 0 Å². The Labute approximate surface area is 54.7 Å². The monoisotopic (exact) mass is 125 g/mol. The first-order chi connectivity index (χ1) is 4.34. The maximum Gasteiger partial charge on any atom is 0.101 e. The first-order valence-electron chi connectivity index (χ1n) is 3.19. The van der Waals surface area contributed by atoms with Crippen LogP contribution in [0.5, 0.6) is 0 Å². The van der Waals surface area contributed by atoms with Crippen molar-refractivity contribution in [2.45, 2.75) is 19.3 Å². The SMILES string of the molecule is N=CN1CCCCC1=N. The molecule has 50 valence electrons. The molecule has 1 saturated heterocycles. The van der Waals surface area contributed by atoms with E-state index in [1.807, 2.05) is 0 Å². The van der Waals surface area contributed by atoms with Crippen LogP contribution in [0, 0.1) is 10.8 Å². The van der Waals surface area contributed by atoms with E-state index in [-0.39, 0.29) is 0 Å². The van der Waals surface area contributed by atoms with Gasteiger partial charge in [-0.15, -0.1) is 0 Å². The van der Waals surface area contributed by atoms with E-state index in [4.69, 9.17) is 10.8 Å². The van der Waals surface area contributed by atoms with Gasteiger partial charge in [0.05, 0.1) is 6.34 Å². The van der Waals surface area contributed by atoms with Gasteiger partial charge in [-0.05, 0) is 12.8 Å². The van der Waals surface area contributed by atoms with Gasteiger partial charge in [0.25, 0.3) is 0 Å². The number of piperidine rings is 1. The van der Waals surface area contributed by atoms with E-state index in [1.165, 1.54) is 6.34 Å². The summed E-state index contributed by atoms with van der Waals surface area (Å²) in [6.07, 6.45) is 4.32. The van der Waals surface area contributed by atoms with Crippen LogP contribution < -0.4 is 0 Å². The summed E-state index contributed by atoms with van der Waals surface area (Å²) in [6.45, 7) is 0.863. The fourth-order valence-corrected chi connectivity index (χ4v) is 0.996. The van der Waals surface area contributed by atoms with E-state index in [0.717, 1.165) is 25.8 Å². The normalized spacial score (nSPS) is 20.0. The van der Waals surface area contributed by atoms with Crippen molar-refractivity contribution in [3.8, 4) is 0 Å². The third-order valence-corrected chi connectivity index (χ3v) is 1.57. The molecule has 0 atom stereocenters. The van der Waals surface area contributed by atoms with Crippen molar-refractivity contribution < 1.29 is 0 Å². The largest absolute Gasteiger partial charge is 0.322 e. The Hall–Kier alpha value is -0.860. The van der Waals surface area contributed by atoms with Crippen LogP contribution >= 0.6 is 0 Å². The molecule has 0 radical (unpaired) electrons. The van der Waals surface area contributed by atoms with Crippen molar-refractivity contribution in [3.63, 3.8) is 0 Å². The minimum atomic E-state index is 0.594. The zero-order chi connectivity index (χ0) is 6.69. The highest BCUT2D eigenvalue weighted by Gasteiger charge is 2.10. The van der Waals surface area contributed by atoms with Crippen molar-refractivity contribution in [1.29, 1.82) is 10.8 Å². The topological polar surface area (TPSA) is 50.9 Å². The molecule has 3 nitrogen and oxygen atoms in total. The molecule has 1 rings (SSSR count). The van der Waals surface area contributed by atoms with Gasteiger partial charge in [-0.3, -0.25) is 10.8 Å². The Balaban J connectivity index is 2.48. The molecule has 0 aromatic rings. The summed E-state index contributed by atoms with van der Waals surface area (Å²) in [5, 5.41) is 14.2. The third kappa shape index (κ3) is 1.28. The van der Waals surface area contributed by atoms with Gasteiger partial charge in [0, 0.05) is 13.0 Å². The van der Waals surface area contributed by atoms with Crippen LogP contribution in [0.25, 0.3) is 0 Å². The summed E-state index contributed by atoms with van der Waals surface area (Å²) < 4.78 is 0. The van der Waals surface area contributed by atoms with Crippen LogP contribution in [0.2, 0.25) is 0 Å².